The van der Waals surface area contributed by atoms with Crippen LogP contribution in [0.4, 0.5) is 0 Å². The van der Waals surface area contributed by atoms with Gasteiger partial charge in [-0.25, -0.2) is 0 Å². The lowest BCUT2D eigenvalue weighted by molar-refractivity contribution is -0.129. The van der Waals surface area contributed by atoms with E-state index >= 15 is 0 Å². The zero-order valence-electron chi connectivity index (χ0n) is 13.6. The average molecular weight is 301 g/mol. The van der Waals surface area contributed by atoms with Gasteiger partial charge in [-0.15, -0.1) is 0 Å². The third kappa shape index (κ3) is 6.15. The molecule has 4 heteroatoms. The van der Waals surface area contributed by atoms with Gasteiger partial charge >= 0.3 is 0 Å². The standard InChI is InChI=1S/C12H21NO2S.C4H10/c1-11(14)12(2-8-16-9-3-12)10-13-4-6-15-7-5-13;1-4(2)3/h2-10H2,1H3;4H,1-3H3. The fraction of sp³-hybridized carbons (Fsp3) is 0.938. The second kappa shape index (κ2) is 9.06. The molecule has 0 saturated carbocycles. The smallest absolute Gasteiger partial charge is 0.137 e. The van der Waals surface area contributed by atoms with E-state index in [-0.39, 0.29) is 5.41 Å². The molecule has 0 radical (unpaired) electrons. The maximum Gasteiger partial charge on any atom is 0.137 e. The molecular formula is C16H31NO2S. The van der Waals surface area contributed by atoms with Gasteiger partial charge in [-0.05, 0) is 37.2 Å². The molecule has 0 unspecified atom stereocenters. The van der Waals surface area contributed by atoms with Crippen LogP contribution in [0.15, 0.2) is 0 Å². The molecule has 20 heavy (non-hydrogen) atoms. The van der Waals surface area contributed by atoms with E-state index in [2.05, 4.69) is 25.7 Å². The summed E-state index contributed by atoms with van der Waals surface area (Å²) in [6.45, 7) is 12.8. The molecule has 0 aromatic heterocycles. The first-order chi connectivity index (χ1) is 9.46. The van der Waals surface area contributed by atoms with Crippen LogP contribution in [-0.4, -0.2) is 55.0 Å². The molecule has 118 valence electrons. The zero-order valence-corrected chi connectivity index (χ0v) is 14.4. The molecule has 0 spiro atoms. The molecule has 0 aliphatic carbocycles. The van der Waals surface area contributed by atoms with E-state index in [9.17, 15) is 4.79 Å². The second-order valence-corrected chi connectivity index (χ2v) is 7.79. The highest BCUT2D eigenvalue weighted by Gasteiger charge is 2.38. The minimum atomic E-state index is -0.0530. The first kappa shape index (κ1) is 18.0. The summed E-state index contributed by atoms with van der Waals surface area (Å²) in [5.74, 6) is 3.51. The van der Waals surface area contributed by atoms with Crippen LogP contribution in [0.25, 0.3) is 0 Å². The molecule has 2 aliphatic rings. The van der Waals surface area contributed by atoms with Gasteiger partial charge in [-0.1, -0.05) is 20.8 Å². The van der Waals surface area contributed by atoms with Crippen LogP contribution in [0.2, 0.25) is 0 Å². The highest BCUT2D eigenvalue weighted by molar-refractivity contribution is 7.99. The molecule has 0 aromatic rings. The van der Waals surface area contributed by atoms with Crippen LogP contribution in [0.1, 0.15) is 40.5 Å². The van der Waals surface area contributed by atoms with Crippen molar-refractivity contribution in [2.24, 2.45) is 11.3 Å². The third-order valence-corrected chi connectivity index (χ3v) is 4.81. The summed E-state index contributed by atoms with van der Waals surface area (Å²) >= 11 is 1.98. The van der Waals surface area contributed by atoms with Crippen molar-refractivity contribution in [3.05, 3.63) is 0 Å². The Hall–Kier alpha value is -0.0600. The quantitative estimate of drug-likeness (QED) is 0.801. The fourth-order valence-electron chi connectivity index (χ4n) is 2.57. The summed E-state index contributed by atoms with van der Waals surface area (Å²) in [7, 11) is 0. The molecule has 2 fully saturated rings. The number of hydrogen-bond acceptors (Lipinski definition) is 4. The van der Waals surface area contributed by atoms with Gasteiger partial charge in [0.25, 0.3) is 0 Å². The van der Waals surface area contributed by atoms with Crippen LogP contribution in [0.3, 0.4) is 0 Å². The Labute approximate surface area is 128 Å². The minimum Gasteiger partial charge on any atom is -0.379 e. The average Bonchev–Trinajstić information content (AvgIpc) is 2.40. The Morgan fingerprint density at radius 1 is 1.20 bits per heavy atom. The summed E-state index contributed by atoms with van der Waals surface area (Å²) < 4.78 is 5.35. The fourth-order valence-corrected chi connectivity index (χ4v) is 3.85. The van der Waals surface area contributed by atoms with Crippen molar-refractivity contribution in [1.82, 2.24) is 4.90 Å². The van der Waals surface area contributed by atoms with E-state index in [0.717, 1.165) is 63.1 Å². The van der Waals surface area contributed by atoms with Gasteiger partial charge in [0.2, 0.25) is 0 Å². The number of thioether (sulfide) groups is 1. The normalized spacial score (nSPS) is 23.1. The van der Waals surface area contributed by atoms with Crippen LogP contribution >= 0.6 is 11.8 Å². The molecule has 0 bridgehead atoms. The first-order valence-electron chi connectivity index (χ1n) is 7.85. The van der Waals surface area contributed by atoms with Crippen molar-refractivity contribution in [3.63, 3.8) is 0 Å². The van der Waals surface area contributed by atoms with Gasteiger partial charge < -0.3 is 4.74 Å². The lowest BCUT2D eigenvalue weighted by Crippen LogP contribution is -2.48. The van der Waals surface area contributed by atoms with Crippen LogP contribution in [0, 0.1) is 11.3 Å². The summed E-state index contributed by atoms with van der Waals surface area (Å²) in [6, 6.07) is 0. The van der Waals surface area contributed by atoms with E-state index in [0.29, 0.717) is 5.78 Å². The van der Waals surface area contributed by atoms with Crippen molar-refractivity contribution >= 4 is 17.5 Å². The van der Waals surface area contributed by atoms with Crippen molar-refractivity contribution in [1.29, 1.82) is 0 Å². The van der Waals surface area contributed by atoms with E-state index in [1.54, 1.807) is 6.92 Å². The van der Waals surface area contributed by atoms with Crippen molar-refractivity contribution in [2.75, 3.05) is 44.4 Å². The van der Waals surface area contributed by atoms with Crippen LogP contribution in [0.5, 0.6) is 0 Å². The minimum absolute atomic E-state index is 0.0530. The molecule has 0 aromatic carbocycles. The zero-order chi connectivity index (χ0) is 15.0. The number of morpholine rings is 1. The largest absolute Gasteiger partial charge is 0.379 e. The van der Waals surface area contributed by atoms with E-state index < -0.39 is 0 Å². The van der Waals surface area contributed by atoms with Gasteiger partial charge in [-0.3, -0.25) is 9.69 Å². The molecule has 3 nitrogen and oxygen atoms in total. The molecule has 0 N–H and O–H groups in total. The molecule has 0 amide bonds. The van der Waals surface area contributed by atoms with Crippen molar-refractivity contribution in [2.45, 2.75) is 40.5 Å². The molecular weight excluding hydrogens is 270 g/mol. The van der Waals surface area contributed by atoms with E-state index in [1.807, 2.05) is 11.8 Å². The van der Waals surface area contributed by atoms with Crippen LogP contribution in [-0.2, 0) is 9.53 Å². The summed E-state index contributed by atoms with van der Waals surface area (Å²) in [5, 5.41) is 0. The number of rotatable bonds is 3. The number of carbonyl (C=O) groups is 1. The number of ether oxygens (including phenoxy) is 1. The SMILES string of the molecule is CC(=O)C1(CN2CCOCC2)CCSCC1.CC(C)C. The van der Waals surface area contributed by atoms with Gasteiger partial charge in [0.05, 0.1) is 13.2 Å². The van der Waals surface area contributed by atoms with Crippen molar-refractivity contribution in [3.8, 4) is 0 Å². The molecule has 2 aliphatic heterocycles. The second-order valence-electron chi connectivity index (χ2n) is 6.57. The van der Waals surface area contributed by atoms with Gasteiger partial charge in [0.1, 0.15) is 5.78 Å². The summed E-state index contributed by atoms with van der Waals surface area (Å²) in [6.07, 6.45) is 2.12. The lowest BCUT2D eigenvalue weighted by atomic mass is 9.78. The van der Waals surface area contributed by atoms with Crippen LogP contribution < -0.4 is 0 Å². The predicted molar refractivity (Wildman–Crippen MR) is 87.4 cm³/mol. The molecule has 0 atom stereocenters. The molecule has 2 rings (SSSR count). The number of hydrogen-bond donors (Lipinski definition) is 0. The lowest BCUT2D eigenvalue weighted by Gasteiger charge is -2.40. The Bertz CT molecular complexity index is 279. The maximum absolute atomic E-state index is 11.9. The highest BCUT2D eigenvalue weighted by Crippen LogP contribution is 2.36. The molecule has 2 saturated heterocycles. The topological polar surface area (TPSA) is 29.5 Å². The van der Waals surface area contributed by atoms with Crippen molar-refractivity contribution < 1.29 is 9.53 Å². The molecule has 2 heterocycles. The highest BCUT2D eigenvalue weighted by atomic mass is 32.2. The van der Waals surface area contributed by atoms with Gasteiger partial charge in [0, 0.05) is 25.0 Å². The Morgan fingerprint density at radius 3 is 2.15 bits per heavy atom. The number of nitrogens with zero attached hydrogens (tertiary/aromatic N) is 1. The Balaban J connectivity index is 0.000000444. The Morgan fingerprint density at radius 2 is 1.70 bits per heavy atom. The number of carbonyl (C=O) groups excluding carboxylic acids is 1. The van der Waals surface area contributed by atoms with Gasteiger partial charge in [0.15, 0.2) is 0 Å². The van der Waals surface area contributed by atoms with E-state index in [4.69, 9.17) is 4.74 Å². The number of ketones is 1. The maximum atomic E-state index is 11.9. The van der Waals surface area contributed by atoms with E-state index in [1.165, 1.54) is 0 Å². The number of Topliss-reactive ketones (excluding diaryl/α,β-unsaturated/α-hetero) is 1. The Kier molecular flexibility index (Phi) is 8.15. The van der Waals surface area contributed by atoms with Gasteiger partial charge in [-0.2, -0.15) is 11.8 Å². The predicted octanol–water partition coefficient (Wildman–Crippen LogP) is 3.08. The monoisotopic (exact) mass is 301 g/mol. The first-order valence-corrected chi connectivity index (χ1v) is 9.00. The summed E-state index contributed by atoms with van der Waals surface area (Å²) in [5.41, 5.74) is -0.0530. The third-order valence-electron chi connectivity index (χ3n) is 3.83. The summed E-state index contributed by atoms with van der Waals surface area (Å²) in [4.78, 5) is 14.3.